The fourth-order valence-corrected chi connectivity index (χ4v) is 2.29. The lowest BCUT2D eigenvalue weighted by molar-refractivity contribution is -0.348. The molecule has 1 aromatic carbocycles. The third kappa shape index (κ3) is 6.26. The topological polar surface area (TPSA) is 94.2 Å². The number of esters is 2. The highest BCUT2D eigenvalue weighted by atomic mass is 17.0. The Morgan fingerprint density at radius 2 is 1.92 bits per heavy atom. The third-order valence-electron chi connectivity index (χ3n) is 3.62. The minimum Gasteiger partial charge on any atom is -0.383 e. The highest BCUT2D eigenvalue weighted by Crippen LogP contribution is 2.09. The van der Waals surface area contributed by atoms with E-state index in [0.717, 1.165) is 23.6 Å². The smallest absolute Gasteiger partial charge is 0.383 e. The Hall–Kier alpha value is -2.29. The predicted octanol–water partition coefficient (Wildman–Crippen LogP) is 1.11. The molecule has 1 aliphatic rings. The van der Waals surface area contributed by atoms with E-state index < -0.39 is 23.9 Å². The first kappa shape index (κ1) is 19.0. The zero-order chi connectivity index (χ0) is 18.1. The van der Waals surface area contributed by atoms with Crippen LogP contribution in [0.15, 0.2) is 30.3 Å². The minimum atomic E-state index is -1.36. The number of benzene rings is 1. The Balaban J connectivity index is 1.77. The lowest BCUT2D eigenvalue weighted by atomic mass is 10.1. The van der Waals surface area contributed by atoms with Crippen LogP contribution >= 0.6 is 0 Å². The number of nitrogens with zero attached hydrogens (tertiary/aromatic N) is 1. The molecular weight excluding hydrogens is 328 g/mol. The van der Waals surface area contributed by atoms with Crippen LogP contribution in [0.5, 0.6) is 0 Å². The number of ether oxygens (including phenoxy) is 1. The molecule has 0 saturated carbocycles. The number of hydroxylamine groups is 2. The first-order chi connectivity index (χ1) is 12.1. The summed E-state index contributed by atoms with van der Waals surface area (Å²) < 4.78 is 4.56. The monoisotopic (exact) mass is 350 g/mol. The Bertz CT molecular complexity index is 586. The quantitative estimate of drug-likeness (QED) is 0.353. The summed E-state index contributed by atoms with van der Waals surface area (Å²) in [5.41, 5.74) is 0.873. The first-order valence-corrected chi connectivity index (χ1v) is 8.26. The minimum absolute atomic E-state index is 0.169. The molecule has 1 heterocycles. The van der Waals surface area contributed by atoms with Crippen LogP contribution in [0, 0.1) is 0 Å². The van der Waals surface area contributed by atoms with Gasteiger partial charge >= 0.3 is 17.9 Å². The maximum absolute atomic E-state index is 11.8. The lowest BCUT2D eigenvalue weighted by Crippen LogP contribution is -2.43. The van der Waals surface area contributed by atoms with Gasteiger partial charge in [-0.1, -0.05) is 36.8 Å². The number of rotatable bonds is 6. The van der Waals surface area contributed by atoms with Crippen molar-refractivity contribution >= 4 is 17.9 Å². The molecule has 0 amide bonds. The van der Waals surface area contributed by atoms with Crippen molar-refractivity contribution in [2.45, 2.75) is 38.8 Å². The highest BCUT2D eigenvalue weighted by Gasteiger charge is 2.29. The number of hydrogen-bond acceptors (Lipinski definition) is 8. The van der Waals surface area contributed by atoms with E-state index in [4.69, 9.17) is 9.68 Å². The van der Waals surface area contributed by atoms with Crippen LogP contribution in [0.25, 0.3) is 0 Å². The molecule has 1 aromatic rings. The summed E-state index contributed by atoms with van der Waals surface area (Å²) in [4.78, 5) is 45.4. The molecule has 1 aliphatic heterocycles. The van der Waals surface area contributed by atoms with Gasteiger partial charge in [0.25, 0.3) is 0 Å². The number of hydrogen-bond donors (Lipinski definition) is 1. The number of piperidine rings is 1. The van der Waals surface area contributed by atoms with Crippen LogP contribution in [-0.2, 0) is 35.4 Å². The summed E-state index contributed by atoms with van der Waals surface area (Å²) in [6.07, 6.45) is 2.40. The van der Waals surface area contributed by atoms with Crippen molar-refractivity contribution in [3.05, 3.63) is 35.9 Å². The van der Waals surface area contributed by atoms with E-state index in [1.54, 1.807) is 6.92 Å². The van der Waals surface area contributed by atoms with Crippen LogP contribution in [0.3, 0.4) is 0 Å². The second-order valence-corrected chi connectivity index (χ2v) is 5.50. The number of carbonyl (C=O) groups is 3. The van der Waals surface area contributed by atoms with E-state index in [0.29, 0.717) is 13.0 Å². The van der Waals surface area contributed by atoms with Gasteiger partial charge in [-0.3, -0.25) is 4.84 Å². The van der Waals surface area contributed by atoms with Gasteiger partial charge in [-0.2, -0.15) is 0 Å². The summed E-state index contributed by atoms with van der Waals surface area (Å²) in [5.74, 6) is -3.44. The molecule has 0 radical (unpaired) electrons. The van der Waals surface area contributed by atoms with Crippen LogP contribution in [0.2, 0.25) is 0 Å². The van der Waals surface area contributed by atoms with Crippen molar-refractivity contribution in [1.82, 2.24) is 10.5 Å². The standard InChI is InChI=1S/C17H22N2O6/c1-2-19(23-12-13-8-4-3-5-9-13)25-17(22)16(21)24-15(20)14-10-6-7-11-18-14/h3-5,8-9,14,18H,2,6-7,10-12H2,1H3/t14-/m0/s1. The number of carbonyl (C=O) groups excluding carboxylic acids is 3. The molecule has 0 bridgehead atoms. The normalized spacial score (nSPS) is 17.1. The Labute approximate surface area is 145 Å². The first-order valence-electron chi connectivity index (χ1n) is 8.26. The molecule has 8 nitrogen and oxygen atoms in total. The van der Waals surface area contributed by atoms with Gasteiger partial charge in [-0.15, -0.1) is 0 Å². The van der Waals surface area contributed by atoms with E-state index >= 15 is 0 Å². The maximum Gasteiger partial charge on any atom is 0.438 e. The van der Waals surface area contributed by atoms with E-state index in [1.807, 2.05) is 30.3 Å². The zero-order valence-electron chi connectivity index (χ0n) is 14.1. The third-order valence-corrected chi connectivity index (χ3v) is 3.62. The molecule has 0 unspecified atom stereocenters. The van der Waals surface area contributed by atoms with Gasteiger partial charge in [0.1, 0.15) is 6.04 Å². The molecular formula is C17H22N2O6. The zero-order valence-corrected chi connectivity index (χ0v) is 14.1. The second-order valence-electron chi connectivity index (χ2n) is 5.50. The summed E-state index contributed by atoms with van der Waals surface area (Å²) in [5, 5.41) is 3.81. The van der Waals surface area contributed by atoms with Crippen molar-refractivity contribution in [3.63, 3.8) is 0 Å². The lowest BCUT2D eigenvalue weighted by Gasteiger charge is -2.21. The molecule has 25 heavy (non-hydrogen) atoms. The highest BCUT2D eigenvalue weighted by molar-refractivity contribution is 6.31. The predicted molar refractivity (Wildman–Crippen MR) is 86.4 cm³/mol. The summed E-state index contributed by atoms with van der Waals surface area (Å²) >= 11 is 0. The van der Waals surface area contributed by atoms with Gasteiger partial charge in [0, 0.05) is 0 Å². The molecule has 2 rings (SSSR count). The van der Waals surface area contributed by atoms with Gasteiger partial charge in [-0.05, 0) is 37.1 Å². The van der Waals surface area contributed by atoms with Crippen LogP contribution < -0.4 is 5.32 Å². The molecule has 1 atom stereocenters. The summed E-state index contributed by atoms with van der Waals surface area (Å²) in [6, 6.07) is 8.70. The van der Waals surface area contributed by atoms with Gasteiger partial charge < -0.3 is 14.9 Å². The molecule has 0 aromatic heterocycles. The maximum atomic E-state index is 11.8. The van der Waals surface area contributed by atoms with Crippen molar-refractivity contribution in [3.8, 4) is 0 Å². The molecule has 8 heteroatoms. The van der Waals surface area contributed by atoms with Crippen LogP contribution in [0.4, 0.5) is 0 Å². The van der Waals surface area contributed by atoms with Gasteiger partial charge in [0.2, 0.25) is 0 Å². The molecule has 0 aliphatic carbocycles. The summed E-state index contributed by atoms with van der Waals surface area (Å²) in [6.45, 7) is 2.72. The largest absolute Gasteiger partial charge is 0.438 e. The van der Waals surface area contributed by atoms with Gasteiger partial charge in [0.05, 0.1) is 13.2 Å². The Kier molecular flexibility index (Phi) is 7.52. The molecule has 1 N–H and O–H groups in total. The van der Waals surface area contributed by atoms with Crippen molar-refractivity contribution in [2.24, 2.45) is 0 Å². The van der Waals surface area contributed by atoms with Gasteiger partial charge in [0.15, 0.2) is 0 Å². The van der Waals surface area contributed by atoms with Gasteiger partial charge in [-0.25, -0.2) is 14.4 Å². The van der Waals surface area contributed by atoms with Crippen molar-refractivity contribution in [1.29, 1.82) is 0 Å². The van der Waals surface area contributed by atoms with Crippen LogP contribution in [-0.4, -0.2) is 42.3 Å². The summed E-state index contributed by atoms with van der Waals surface area (Å²) in [7, 11) is 0. The van der Waals surface area contributed by atoms with E-state index in [-0.39, 0.29) is 13.2 Å². The SMILES string of the molecule is CCN(OCc1ccccc1)OC(=O)C(=O)OC(=O)[C@@H]1CCCCN1. The average molecular weight is 350 g/mol. The fraction of sp³-hybridized carbons (Fsp3) is 0.471. The van der Waals surface area contributed by atoms with E-state index in [2.05, 4.69) is 10.1 Å². The number of nitrogens with one attached hydrogen (secondary N) is 1. The molecule has 0 spiro atoms. The molecule has 136 valence electrons. The Morgan fingerprint density at radius 1 is 1.16 bits per heavy atom. The fourth-order valence-electron chi connectivity index (χ4n) is 2.29. The Morgan fingerprint density at radius 3 is 2.56 bits per heavy atom. The van der Waals surface area contributed by atoms with E-state index in [1.165, 1.54) is 0 Å². The van der Waals surface area contributed by atoms with E-state index in [9.17, 15) is 14.4 Å². The second kappa shape index (κ2) is 9.87. The van der Waals surface area contributed by atoms with Crippen molar-refractivity contribution < 1.29 is 28.8 Å². The van der Waals surface area contributed by atoms with Crippen molar-refractivity contribution in [2.75, 3.05) is 13.1 Å². The average Bonchev–Trinajstić information content (AvgIpc) is 2.66. The van der Waals surface area contributed by atoms with Crippen LogP contribution in [0.1, 0.15) is 31.7 Å². The molecule has 1 saturated heterocycles. The molecule has 1 fully saturated rings.